The summed E-state index contributed by atoms with van der Waals surface area (Å²) in [6, 6.07) is 3.21. The third-order valence-corrected chi connectivity index (χ3v) is 4.52. The van der Waals surface area contributed by atoms with Crippen molar-refractivity contribution in [3.8, 4) is 0 Å². The van der Waals surface area contributed by atoms with Crippen LogP contribution in [0.3, 0.4) is 0 Å². The smallest absolute Gasteiger partial charge is 0.139 e. The predicted octanol–water partition coefficient (Wildman–Crippen LogP) is 3.08. The van der Waals surface area contributed by atoms with E-state index in [0.717, 1.165) is 35.8 Å². The predicted molar refractivity (Wildman–Crippen MR) is 76.7 cm³/mol. The van der Waals surface area contributed by atoms with E-state index < -0.39 is 0 Å². The first-order valence-electron chi connectivity index (χ1n) is 5.68. The van der Waals surface area contributed by atoms with Crippen molar-refractivity contribution in [1.82, 2.24) is 9.97 Å². The lowest BCUT2D eigenvalue weighted by molar-refractivity contribution is 0.622. The summed E-state index contributed by atoms with van der Waals surface area (Å²) < 4.78 is 14.0. The van der Waals surface area contributed by atoms with Crippen molar-refractivity contribution in [2.45, 2.75) is 0 Å². The Bertz CT molecular complexity index is 587. The van der Waals surface area contributed by atoms with Gasteiger partial charge in [0.05, 0.1) is 9.99 Å². The zero-order valence-electron chi connectivity index (χ0n) is 9.57. The minimum atomic E-state index is -0.290. The monoisotopic (exact) mass is 327 g/mol. The fourth-order valence-electron chi connectivity index (χ4n) is 2.06. The van der Waals surface area contributed by atoms with Crippen LogP contribution in [0, 0.1) is 5.82 Å². The molecule has 2 aromatic rings. The summed E-state index contributed by atoms with van der Waals surface area (Å²) in [5, 5.41) is 0.901. The van der Waals surface area contributed by atoms with Crippen LogP contribution in [0.1, 0.15) is 0 Å². The van der Waals surface area contributed by atoms with Crippen molar-refractivity contribution in [2.75, 3.05) is 29.5 Å². The third-order valence-electron chi connectivity index (χ3n) is 2.97. The average Bonchev–Trinajstić information content (AvgIpc) is 2.40. The largest absolute Gasteiger partial charge is 0.354 e. The number of halogens is 2. The molecule has 0 spiro atoms. The Morgan fingerprint density at radius 1 is 1.22 bits per heavy atom. The molecule has 1 saturated heterocycles. The second kappa shape index (κ2) is 5.01. The maximum Gasteiger partial charge on any atom is 0.139 e. The molecule has 1 aliphatic rings. The van der Waals surface area contributed by atoms with Crippen LogP contribution in [0.2, 0.25) is 0 Å². The molecular weight excluding hydrogens is 317 g/mol. The van der Waals surface area contributed by atoms with Gasteiger partial charge in [0.1, 0.15) is 18.0 Å². The van der Waals surface area contributed by atoms with Crippen molar-refractivity contribution in [3.63, 3.8) is 0 Å². The van der Waals surface area contributed by atoms with E-state index in [0.29, 0.717) is 9.99 Å². The van der Waals surface area contributed by atoms with Crippen LogP contribution in [0.15, 0.2) is 22.9 Å². The van der Waals surface area contributed by atoms with Crippen LogP contribution < -0.4 is 4.90 Å². The SMILES string of the molecule is Fc1cc2ncnc(N3CCSCC3)c2cc1Br. The molecule has 3 nitrogen and oxygen atoms in total. The molecule has 1 aromatic carbocycles. The zero-order valence-corrected chi connectivity index (χ0v) is 12.0. The fourth-order valence-corrected chi connectivity index (χ4v) is 3.31. The highest BCUT2D eigenvalue weighted by Gasteiger charge is 2.16. The minimum absolute atomic E-state index is 0.290. The fraction of sp³-hybridized carbons (Fsp3) is 0.333. The van der Waals surface area contributed by atoms with E-state index in [-0.39, 0.29) is 5.82 Å². The number of nitrogens with zero attached hydrogens (tertiary/aromatic N) is 3. The topological polar surface area (TPSA) is 29.0 Å². The van der Waals surface area contributed by atoms with Crippen LogP contribution in [0.25, 0.3) is 10.9 Å². The molecule has 0 atom stereocenters. The summed E-state index contributed by atoms with van der Waals surface area (Å²) in [5.74, 6) is 2.82. The summed E-state index contributed by atoms with van der Waals surface area (Å²) in [6.07, 6.45) is 1.51. The van der Waals surface area contributed by atoms with E-state index in [4.69, 9.17) is 0 Å². The van der Waals surface area contributed by atoms with E-state index in [2.05, 4.69) is 30.8 Å². The van der Waals surface area contributed by atoms with Gasteiger partial charge in [0, 0.05) is 36.0 Å². The van der Waals surface area contributed by atoms with Gasteiger partial charge in [-0.3, -0.25) is 0 Å². The molecule has 18 heavy (non-hydrogen) atoms. The van der Waals surface area contributed by atoms with Crippen LogP contribution >= 0.6 is 27.7 Å². The van der Waals surface area contributed by atoms with Crippen molar-refractivity contribution in [3.05, 3.63) is 28.7 Å². The number of thioether (sulfide) groups is 1. The van der Waals surface area contributed by atoms with Crippen LogP contribution in [0.4, 0.5) is 10.2 Å². The molecule has 3 rings (SSSR count). The molecule has 94 valence electrons. The van der Waals surface area contributed by atoms with Gasteiger partial charge in [-0.05, 0) is 22.0 Å². The second-order valence-electron chi connectivity index (χ2n) is 4.08. The number of hydrogen-bond donors (Lipinski definition) is 0. The lowest BCUT2D eigenvalue weighted by Crippen LogP contribution is -2.33. The lowest BCUT2D eigenvalue weighted by atomic mass is 10.2. The lowest BCUT2D eigenvalue weighted by Gasteiger charge is -2.28. The highest BCUT2D eigenvalue weighted by Crippen LogP contribution is 2.29. The molecular formula is C12H11BrFN3S. The summed E-state index contributed by atoms with van der Waals surface area (Å²) in [5.41, 5.74) is 0.652. The molecule has 2 heterocycles. The van der Waals surface area contributed by atoms with E-state index in [9.17, 15) is 4.39 Å². The van der Waals surface area contributed by atoms with Crippen molar-refractivity contribution in [2.24, 2.45) is 0 Å². The molecule has 1 aromatic heterocycles. The number of fused-ring (bicyclic) bond motifs is 1. The van der Waals surface area contributed by atoms with Crippen molar-refractivity contribution < 1.29 is 4.39 Å². The first-order valence-corrected chi connectivity index (χ1v) is 7.63. The molecule has 6 heteroatoms. The van der Waals surface area contributed by atoms with Crippen LogP contribution in [-0.4, -0.2) is 34.6 Å². The quantitative estimate of drug-likeness (QED) is 0.804. The normalized spacial score (nSPS) is 16.2. The van der Waals surface area contributed by atoms with Crippen molar-refractivity contribution >= 4 is 44.4 Å². The maximum atomic E-state index is 13.5. The molecule has 1 fully saturated rings. The van der Waals surface area contributed by atoms with Gasteiger partial charge in [-0.2, -0.15) is 11.8 Å². The molecule has 0 radical (unpaired) electrons. The molecule has 0 bridgehead atoms. The van der Waals surface area contributed by atoms with E-state index in [1.165, 1.54) is 12.4 Å². The summed E-state index contributed by atoms with van der Waals surface area (Å²) in [6.45, 7) is 1.96. The number of rotatable bonds is 1. The highest BCUT2D eigenvalue weighted by atomic mass is 79.9. The summed E-state index contributed by atoms with van der Waals surface area (Å²) in [7, 11) is 0. The van der Waals surface area contributed by atoms with Gasteiger partial charge in [0.2, 0.25) is 0 Å². The summed E-state index contributed by atoms with van der Waals surface area (Å²) >= 11 is 5.17. The number of benzene rings is 1. The highest BCUT2D eigenvalue weighted by molar-refractivity contribution is 9.10. The van der Waals surface area contributed by atoms with Gasteiger partial charge in [-0.15, -0.1) is 0 Å². The Morgan fingerprint density at radius 2 is 2.00 bits per heavy atom. The zero-order chi connectivity index (χ0) is 12.5. The minimum Gasteiger partial charge on any atom is -0.354 e. The van der Waals surface area contributed by atoms with Gasteiger partial charge < -0.3 is 4.90 Å². The molecule has 0 saturated carbocycles. The number of aromatic nitrogens is 2. The van der Waals surface area contributed by atoms with E-state index >= 15 is 0 Å². The average molecular weight is 328 g/mol. The summed E-state index contributed by atoms with van der Waals surface area (Å²) in [4.78, 5) is 10.7. The third kappa shape index (κ3) is 2.19. The second-order valence-corrected chi connectivity index (χ2v) is 6.16. The molecule has 0 unspecified atom stereocenters. The van der Waals surface area contributed by atoms with Gasteiger partial charge in [0.25, 0.3) is 0 Å². The number of hydrogen-bond acceptors (Lipinski definition) is 4. The van der Waals surface area contributed by atoms with Crippen LogP contribution in [0.5, 0.6) is 0 Å². The van der Waals surface area contributed by atoms with Gasteiger partial charge >= 0.3 is 0 Å². The van der Waals surface area contributed by atoms with Gasteiger partial charge in [-0.25, -0.2) is 14.4 Å². The molecule has 0 aliphatic carbocycles. The maximum absolute atomic E-state index is 13.5. The molecule has 0 amide bonds. The number of anilines is 1. The van der Waals surface area contributed by atoms with Crippen LogP contribution in [-0.2, 0) is 0 Å². The Kier molecular flexibility index (Phi) is 3.39. The van der Waals surface area contributed by atoms with Crippen molar-refractivity contribution in [1.29, 1.82) is 0 Å². The van der Waals surface area contributed by atoms with E-state index in [1.807, 2.05) is 11.8 Å². The van der Waals surface area contributed by atoms with E-state index in [1.54, 1.807) is 6.07 Å². The Morgan fingerprint density at radius 3 is 2.78 bits per heavy atom. The Balaban J connectivity index is 2.13. The van der Waals surface area contributed by atoms with Gasteiger partial charge in [-0.1, -0.05) is 0 Å². The van der Waals surface area contributed by atoms with Gasteiger partial charge in [0.15, 0.2) is 0 Å². The first-order chi connectivity index (χ1) is 8.75. The Hall–Kier alpha value is -0.880. The Labute approximate surface area is 117 Å². The molecule has 1 aliphatic heterocycles. The first kappa shape index (κ1) is 12.2. The standard InChI is InChI=1S/C12H11BrFN3S/c13-9-5-8-11(6-10(9)14)15-7-16-12(8)17-1-3-18-4-2-17/h5-7H,1-4H2. The molecule has 0 N–H and O–H groups in total.